The first kappa shape index (κ1) is 23.3. The molecule has 8 heteroatoms. The van der Waals surface area contributed by atoms with Gasteiger partial charge in [-0.1, -0.05) is 66.5 Å². The van der Waals surface area contributed by atoms with E-state index >= 15 is 0 Å². The van der Waals surface area contributed by atoms with E-state index < -0.39 is 12.0 Å². The van der Waals surface area contributed by atoms with Crippen molar-refractivity contribution in [2.75, 3.05) is 20.8 Å². The predicted molar refractivity (Wildman–Crippen MR) is 131 cm³/mol. The predicted octanol–water partition coefficient (Wildman–Crippen LogP) is 2.98. The van der Waals surface area contributed by atoms with Crippen molar-refractivity contribution in [1.29, 1.82) is 0 Å². The highest BCUT2D eigenvalue weighted by Crippen LogP contribution is 2.32. The number of fused-ring (bicyclic) bond motifs is 1. The molecule has 0 saturated carbocycles. The zero-order chi connectivity index (χ0) is 24.2. The van der Waals surface area contributed by atoms with Crippen LogP contribution in [0.15, 0.2) is 82.2 Å². The van der Waals surface area contributed by atoms with Crippen molar-refractivity contribution in [1.82, 2.24) is 4.57 Å². The minimum Gasteiger partial charge on any atom is -0.493 e. The molecule has 7 nitrogen and oxygen atoms in total. The second-order valence-electron chi connectivity index (χ2n) is 7.46. The van der Waals surface area contributed by atoms with Gasteiger partial charge in [-0.2, -0.15) is 0 Å². The standard InChI is InChI=1S/C26H24N2O5S/c1-5-14-33-25(30)21-16(2)27-26-28(22(21)17-10-7-6-8-11-17)24(29)20(34-26)15-18-12-9-13-19(31-3)23(18)32-4/h5-13,15,22H,1,14H2,2-4H3. The Bertz CT molecular complexity index is 1450. The normalized spacial score (nSPS) is 15.4. The third-order valence-corrected chi connectivity index (χ3v) is 6.39. The highest BCUT2D eigenvalue weighted by molar-refractivity contribution is 7.07. The van der Waals surface area contributed by atoms with Gasteiger partial charge in [0.1, 0.15) is 6.61 Å². The van der Waals surface area contributed by atoms with E-state index in [9.17, 15) is 9.59 Å². The molecule has 1 atom stereocenters. The molecule has 3 aromatic rings. The Labute approximate surface area is 200 Å². The van der Waals surface area contributed by atoms with Gasteiger partial charge < -0.3 is 14.2 Å². The number of allylic oxidation sites excluding steroid dienone is 1. The molecule has 0 spiro atoms. The molecule has 2 aromatic carbocycles. The zero-order valence-corrected chi connectivity index (χ0v) is 19.9. The van der Waals surface area contributed by atoms with E-state index in [1.165, 1.54) is 17.4 Å². The molecule has 2 heterocycles. The maximum absolute atomic E-state index is 13.7. The Morgan fingerprint density at radius 3 is 2.59 bits per heavy atom. The molecule has 174 valence electrons. The summed E-state index contributed by atoms with van der Waals surface area (Å²) in [6.45, 7) is 5.42. The number of para-hydroxylation sites is 1. The molecule has 0 amide bonds. The summed E-state index contributed by atoms with van der Waals surface area (Å²) in [5.74, 6) is 0.563. The first-order chi connectivity index (χ1) is 16.5. The summed E-state index contributed by atoms with van der Waals surface area (Å²) in [7, 11) is 3.11. The van der Waals surface area contributed by atoms with Crippen molar-refractivity contribution in [2.45, 2.75) is 13.0 Å². The third kappa shape index (κ3) is 4.20. The van der Waals surface area contributed by atoms with Crippen molar-refractivity contribution in [2.24, 2.45) is 4.99 Å². The van der Waals surface area contributed by atoms with E-state index in [0.717, 1.165) is 5.56 Å². The molecule has 0 N–H and O–H groups in total. The number of thiazole rings is 1. The second kappa shape index (κ2) is 9.93. The van der Waals surface area contributed by atoms with Crippen LogP contribution in [0.3, 0.4) is 0 Å². The number of aromatic nitrogens is 1. The van der Waals surface area contributed by atoms with Gasteiger partial charge in [0, 0.05) is 5.56 Å². The summed E-state index contributed by atoms with van der Waals surface area (Å²) in [6, 6.07) is 14.2. The Balaban J connectivity index is 1.94. The van der Waals surface area contributed by atoms with Crippen LogP contribution in [0.4, 0.5) is 0 Å². The topological polar surface area (TPSA) is 79.1 Å². The summed E-state index contributed by atoms with van der Waals surface area (Å²) in [6.07, 6.45) is 3.25. The summed E-state index contributed by atoms with van der Waals surface area (Å²) in [4.78, 5) is 31.7. The van der Waals surface area contributed by atoms with Gasteiger partial charge in [0.15, 0.2) is 16.3 Å². The molecule has 0 saturated heterocycles. The Morgan fingerprint density at radius 2 is 1.91 bits per heavy atom. The fourth-order valence-corrected chi connectivity index (χ4v) is 4.95. The number of hydrogen-bond acceptors (Lipinski definition) is 7. The molecule has 1 unspecified atom stereocenters. The van der Waals surface area contributed by atoms with Gasteiger partial charge in [-0.25, -0.2) is 9.79 Å². The molecule has 1 aliphatic heterocycles. The first-order valence-electron chi connectivity index (χ1n) is 10.6. The number of rotatable bonds is 7. The lowest BCUT2D eigenvalue weighted by molar-refractivity contribution is -0.138. The van der Waals surface area contributed by atoms with Crippen molar-refractivity contribution < 1.29 is 19.0 Å². The molecule has 1 aromatic heterocycles. The van der Waals surface area contributed by atoms with Crippen LogP contribution in [0.25, 0.3) is 6.08 Å². The van der Waals surface area contributed by atoms with Gasteiger partial charge in [0.05, 0.1) is 36.1 Å². The lowest BCUT2D eigenvalue weighted by atomic mass is 9.96. The van der Waals surface area contributed by atoms with Gasteiger partial charge in [-0.3, -0.25) is 9.36 Å². The highest BCUT2D eigenvalue weighted by atomic mass is 32.1. The van der Waals surface area contributed by atoms with Gasteiger partial charge in [-0.05, 0) is 24.6 Å². The van der Waals surface area contributed by atoms with Gasteiger partial charge >= 0.3 is 5.97 Å². The Hall–Kier alpha value is -3.91. The third-order valence-electron chi connectivity index (χ3n) is 5.41. The smallest absolute Gasteiger partial charge is 0.338 e. The SMILES string of the molecule is C=CCOC(=O)C1=C(C)N=c2sc(=Cc3cccc(OC)c3OC)c(=O)n2C1c1ccccc1. The van der Waals surface area contributed by atoms with Crippen LogP contribution in [0.2, 0.25) is 0 Å². The van der Waals surface area contributed by atoms with Crippen molar-refractivity contribution in [3.63, 3.8) is 0 Å². The second-order valence-corrected chi connectivity index (χ2v) is 8.47. The van der Waals surface area contributed by atoms with Crippen molar-refractivity contribution >= 4 is 23.4 Å². The zero-order valence-electron chi connectivity index (χ0n) is 19.1. The highest BCUT2D eigenvalue weighted by Gasteiger charge is 2.33. The van der Waals surface area contributed by atoms with Crippen LogP contribution in [-0.4, -0.2) is 31.4 Å². The quantitative estimate of drug-likeness (QED) is 0.387. The van der Waals surface area contributed by atoms with Crippen LogP contribution >= 0.6 is 11.3 Å². The minimum absolute atomic E-state index is 0.0666. The lowest BCUT2D eigenvalue weighted by Crippen LogP contribution is -2.39. The van der Waals surface area contributed by atoms with Crippen molar-refractivity contribution in [3.8, 4) is 11.5 Å². The fraction of sp³-hybridized carbons (Fsp3) is 0.192. The van der Waals surface area contributed by atoms with E-state index in [1.807, 2.05) is 42.5 Å². The number of nitrogens with zero attached hydrogens (tertiary/aromatic N) is 2. The molecular formula is C26H24N2O5S. The number of ether oxygens (including phenoxy) is 3. The van der Waals surface area contributed by atoms with Gasteiger partial charge in [0.2, 0.25) is 0 Å². The Kier molecular flexibility index (Phi) is 6.79. The molecule has 0 radical (unpaired) electrons. The molecule has 0 fully saturated rings. The number of esters is 1. The molecule has 34 heavy (non-hydrogen) atoms. The first-order valence-corrected chi connectivity index (χ1v) is 11.4. The summed E-state index contributed by atoms with van der Waals surface area (Å²) >= 11 is 1.25. The van der Waals surface area contributed by atoms with E-state index in [4.69, 9.17) is 14.2 Å². The van der Waals surface area contributed by atoms with E-state index in [-0.39, 0.29) is 12.2 Å². The van der Waals surface area contributed by atoms with Crippen LogP contribution in [0, 0.1) is 0 Å². The number of carbonyl (C=O) groups excluding carboxylic acids is 1. The lowest BCUT2D eigenvalue weighted by Gasteiger charge is -2.24. The van der Waals surface area contributed by atoms with Crippen molar-refractivity contribution in [3.05, 3.63) is 103 Å². The van der Waals surface area contributed by atoms with Crippen LogP contribution in [0.5, 0.6) is 11.5 Å². The largest absolute Gasteiger partial charge is 0.493 e. The molecule has 1 aliphatic rings. The van der Waals surface area contributed by atoms with Gasteiger partial charge in [-0.15, -0.1) is 0 Å². The average Bonchev–Trinajstić information content (AvgIpc) is 3.16. The maximum atomic E-state index is 13.7. The van der Waals surface area contributed by atoms with E-state index in [1.54, 1.807) is 37.9 Å². The van der Waals surface area contributed by atoms with Crippen LogP contribution in [0.1, 0.15) is 24.1 Å². The number of benzene rings is 2. The average molecular weight is 477 g/mol. The maximum Gasteiger partial charge on any atom is 0.338 e. The molecule has 0 aliphatic carbocycles. The summed E-state index contributed by atoms with van der Waals surface area (Å²) in [5.41, 5.74) is 2.06. The molecule has 0 bridgehead atoms. The summed E-state index contributed by atoms with van der Waals surface area (Å²) < 4.78 is 18.2. The molecular weight excluding hydrogens is 452 g/mol. The number of hydrogen-bond donors (Lipinski definition) is 0. The van der Waals surface area contributed by atoms with E-state index in [2.05, 4.69) is 11.6 Å². The fourth-order valence-electron chi connectivity index (χ4n) is 3.91. The summed E-state index contributed by atoms with van der Waals surface area (Å²) in [5, 5.41) is 0. The minimum atomic E-state index is -0.663. The monoisotopic (exact) mass is 476 g/mol. The van der Waals surface area contributed by atoms with Crippen LogP contribution in [-0.2, 0) is 9.53 Å². The van der Waals surface area contributed by atoms with Gasteiger partial charge in [0.25, 0.3) is 5.56 Å². The number of carbonyl (C=O) groups is 1. The van der Waals surface area contributed by atoms with E-state index in [0.29, 0.717) is 37.7 Å². The molecule has 4 rings (SSSR count). The van der Waals surface area contributed by atoms with Crippen LogP contribution < -0.4 is 24.4 Å². The number of methoxy groups -OCH3 is 2. The Morgan fingerprint density at radius 1 is 1.15 bits per heavy atom.